The van der Waals surface area contributed by atoms with E-state index in [1.54, 1.807) is 0 Å². The monoisotopic (exact) mass is 264 g/mol. The quantitative estimate of drug-likeness (QED) is 0.787. The molecule has 3 atom stereocenters. The van der Waals surface area contributed by atoms with Crippen molar-refractivity contribution in [1.82, 2.24) is 10.2 Å². The molecule has 0 radical (unpaired) electrons. The van der Waals surface area contributed by atoms with Crippen LogP contribution in [-0.4, -0.2) is 36.6 Å². The van der Waals surface area contributed by atoms with Gasteiger partial charge in [0.2, 0.25) is 0 Å². The first-order valence-electron chi connectivity index (χ1n) is 8.71. The summed E-state index contributed by atoms with van der Waals surface area (Å²) in [5.41, 5.74) is 0. The molecule has 0 aromatic carbocycles. The third kappa shape index (κ3) is 3.33. The van der Waals surface area contributed by atoms with Gasteiger partial charge in [-0.1, -0.05) is 26.7 Å². The van der Waals surface area contributed by atoms with Crippen molar-refractivity contribution < 1.29 is 0 Å². The first-order chi connectivity index (χ1) is 9.22. The first-order valence-corrected chi connectivity index (χ1v) is 8.71. The Balaban J connectivity index is 1.50. The Morgan fingerprint density at radius 2 is 1.74 bits per heavy atom. The minimum atomic E-state index is 0.808. The van der Waals surface area contributed by atoms with Gasteiger partial charge in [-0.3, -0.25) is 0 Å². The summed E-state index contributed by atoms with van der Waals surface area (Å²) in [4.78, 5) is 2.67. The van der Waals surface area contributed by atoms with Crippen molar-refractivity contribution in [3.63, 3.8) is 0 Å². The molecule has 4 rings (SSSR count). The number of hydrogen-bond donors (Lipinski definition) is 1. The highest BCUT2D eigenvalue weighted by molar-refractivity contribution is 4.93. The van der Waals surface area contributed by atoms with Gasteiger partial charge in [-0.2, -0.15) is 0 Å². The second-order valence-corrected chi connectivity index (χ2v) is 7.62. The smallest absolute Gasteiger partial charge is 0.0226 e. The van der Waals surface area contributed by atoms with Crippen LogP contribution in [0.15, 0.2) is 0 Å². The molecule has 3 unspecified atom stereocenters. The standard InChI is InChI=1S/C17H32N2/c1-13(2)14-4-3-5-16(7-6-14)18-17-12-19-10-8-15(17)9-11-19/h13-18H,3-12H2,1-2H3. The van der Waals surface area contributed by atoms with Gasteiger partial charge in [0.05, 0.1) is 0 Å². The van der Waals surface area contributed by atoms with E-state index in [1.807, 2.05) is 0 Å². The molecule has 0 aromatic rings. The summed E-state index contributed by atoms with van der Waals surface area (Å²) in [5.74, 6) is 2.85. The molecule has 1 saturated carbocycles. The summed E-state index contributed by atoms with van der Waals surface area (Å²) in [6, 6.07) is 1.62. The van der Waals surface area contributed by atoms with Gasteiger partial charge in [0.15, 0.2) is 0 Å². The lowest BCUT2D eigenvalue weighted by Crippen LogP contribution is -2.58. The van der Waals surface area contributed by atoms with Gasteiger partial charge in [0.25, 0.3) is 0 Å². The molecule has 3 heterocycles. The van der Waals surface area contributed by atoms with E-state index in [2.05, 4.69) is 24.1 Å². The molecule has 0 amide bonds. The lowest BCUT2D eigenvalue weighted by molar-refractivity contribution is 0.0657. The fourth-order valence-electron chi connectivity index (χ4n) is 4.62. The van der Waals surface area contributed by atoms with E-state index in [0.717, 1.165) is 29.8 Å². The van der Waals surface area contributed by atoms with Gasteiger partial charge in [0.1, 0.15) is 0 Å². The van der Waals surface area contributed by atoms with Crippen LogP contribution in [0.1, 0.15) is 58.8 Å². The molecule has 1 N–H and O–H groups in total. The largest absolute Gasteiger partial charge is 0.310 e. The number of nitrogens with one attached hydrogen (secondary N) is 1. The Kier molecular flexibility index (Phi) is 4.48. The molecule has 2 bridgehead atoms. The van der Waals surface area contributed by atoms with Gasteiger partial charge in [0, 0.05) is 18.6 Å². The molecular weight excluding hydrogens is 232 g/mol. The first kappa shape index (κ1) is 13.9. The number of piperidine rings is 3. The van der Waals surface area contributed by atoms with Crippen molar-refractivity contribution >= 4 is 0 Å². The second kappa shape index (κ2) is 6.13. The van der Waals surface area contributed by atoms with E-state index in [4.69, 9.17) is 0 Å². The van der Waals surface area contributed by atoms with Crippen LogP contribution in [-0.2, 0) is 0 Å². The predicted octanol–water partition coefficient (Wildman–Crippen LogP) is 3.28. The van der Waals surface area contributed by atoms with Gasteiger partial charge in [-0.15, -0.1) is 0 Å². The van der Waals surface area contributed by atoms with Crippen LogP contribution in [0, 0.1) is 17.8 Å². The minimum absolute atomic E-state index is 0.808. The van der Waals surface area contributed by atoms with Crippen molar-refractivity contribution in [2.24, 2.45) is 17.8 Å². The Labute approximate surface area is 119 Å². The topological polar surface area (TPSA) is 15.3 Å². The highest BCUT2D eigenvalue weighted by Gasteiger charge is 2.35. The van der Waals surface area contributed by atoms with Crippen LogP contribution in [0.5, 0.6) is 0 Å². The maximum atomic E-state index is 4.05. The SMILES string of the molecule is CC(C)C1CCCC(NC2CN3CCC2CC3)CC1. The Morgan fingerprint density at radius 3 is 2.37 bits per heavy atom. The van der Waals surface area contributed by atoms with Crippen LogP contribution < -0.4 is 5.32 Å². The van der Waals surface area contributed by atoms with Crippen LogP contribution in [0.3, 0.4) is 0 Å². The predicted molar refractivity (Wildman–Crippen MR) is 81.3 cm³/mol. The van der Waals surface area contributed by atoms with Gasteiger partial charge in [-0.25, -0.2) is 0 Å². The number of nitrogens with zero attached hydrogens (tertiary/aromatic N) is 1. The molecule has 1 aliphatic carbocycles. The van der Waals surface area contributed by atoms with E-state index >= 15 is 0 Å². The zero-order chi connectivity index (χ0) is 13.2. The minimum Gasteiger partial charge on any atom is -0.310 e. The zero-order valence-electron chi connectivity index (χ0n) is 12.9. The molecule has 0 aromatic heterocycles. The zero-order valence-corrected chi connectivity index (χ0v) is 12.9. The van der Waals surface area contributed by atoms with Crippen molar-refractivity contribution in [2.75, 3.05) is 19.6 Å². The number of rotatable bonds is 3. The Bertz CT molecular complexity index is 281. The highest BCUT2D eigenvalue weighted by atomic mass is 15.2. The molecule has 4 fully saturated rings. The molecule has 110 valence electrons. The maximum absolute atomic E-state index is 4.05. The molecule has 0 spiro atoms. The highest BCUT2D eigenvalue weighted by Crippen LogP contribution is 2.31. The third-order valence-corrected chi connectivity index (χ3v) is 6.06. The van der Waals surface area contributed by atoms with E-state index in [1.165, 1.54) is 64.6 Å². The lowest BCUT2D eigenvalue weighted by Gasteiger charge is -2.46. The Morgan fingerprint density at radius 1 is 0.947 bits per heavy atom. The molecular formula is C17H32N2. The Hall–Kier alpha value is -0.0800. The maximum Gasteiger partial charge on any atom is 0.0226 e. The summed E-state index contributed by atoms with van der Waals surface area (Å²) < 4.78 is 0. The average Bonchev–Trinajstić information content (AvgIpc) is 2.66. The summed E-state index contributed by atoms with van der Waals surface area (Å²) in [7, 11) is 0. The van der Waals surface area contributed by atoms with E-state index in [9.17, 15) is 0 Å². The summed E-state index contributed by atoms with van der Waals surface area (Å²) in [6.07, 6.45) is 10.1. The van der Waals surface area contributed by atoms with E-state index in [0.29, 0.717) is 0 Å². The summed E-state index contributed by atoms with van der Waals surface area (Å²) in [6.45, 7) is 8.87. The van der Waals surface area contributed by atoms with Crippen LogP contribution in [0.2, 0.25) is 0 Å². The molecule has 3 aliphatic heterocycles. The molecule has 19 heavy (non-hydrogen) atoms. The van der Waals surface area contributed by atoms with Crippen molar-refractivity contribution in [3.8, 4) is 0 Å². The lowest BCUT2D eigenvalue weighted by atomic mass is 9.83. The molecule has 2 heteroatoms. The fraction of sp³-hybridized carbons (Fsp3) is 1.00. The summed E-state index contributed by atoms with van der Waals surface area (Å²) >= 11 is 0. The van der Waals surface area contributed by atoms with Gasteiger partial charge in [-0.05, 0) is 62.9 Å². The average molecular weight is 264 g/mol. The fourth-order valence-corrected chi connectivity index (χ4v) is 4.62. The van der Waals surface area contributed by atoms with Gasteiger partial charge < -0.3 is 10.2 Å². The third-order valence-electron chi connectivity index (χ3n) is 6.06. The second-order valence-electron chi connectivity index (χ2n) is 7.62. The van der Waals surface area contributed by atoms with E-state index in [-0.39, 0.29) is 0 Å². The summed E-state index contributed by atoms with van der Waals surface area (Å²) in [5, 5.41) is 4.05. The normalized spacial score (nSPS) is 43.4. The molecule has 2 nitrogen and oxygen atoms in total. The molecule has 4 aliphatic rings. The van der Waals surface area contributed by atoms with Crippen molar-refractivity contribution in [2.45, 2.75) is 70.9 Å². The van der Waals surface area contributed by atoms with Crippen molar-refractivity contribution in [3.05, 3.63) is 0 Å². The van der Waals surface area contributed by atoms with Crippen LogP contribution in [0.25, 0.3) is 0 Å². The number of fused-ring (bicyclic) bond motifs is 3. The van der Waals surface area contributed by atoms with Crippen LogP contribution in [0.4, 0.5) is 0 Å². The molecule has 3 saturated heterocycles. The van der Waals surface area contributed by atoms with Crippen LogP contribution >= 0.6 is 0 Å². The van der Waals surface area contributed by atoms with Gasteiger partial charge >= 0.3 is 0 Å². The van der Waals surface area contributed by atoms with Crippen molar-refractivity contribution in [1.29, 1.82) is 0 Å². The van der Waals surface area contributed by atoms with E-state index < -0.39 is 0 Å². The number of hydrogen-bond acceptors (Lipinski definition) is 2.